The Labute approximate surface area is 110 Å². The molecule has 1 aliphatic carbocycles. The Morgan fingerprint density at radius 2 is 1.83 bits per heavy atom. The van der Waals surface area contributed by atoms with E-state index in [1.54, 1.807) is 0 Å². The van der Waals surface area contributed by atoms with Gasteiger partial charge in [-0.2, -0.15) is 0 Å². The fraction of sp³-hybridized carbons (Fsp3) is 0.929. The normalized spacial score (nSPS) is 24.7. The summed E-state index contributed by atoms with van der Waals surface area (Å²) >= 11 is 0. The molecule has 1 atom stereocenters. The third-order valence-corrected chi connectivity index (χ3v) is 3.62. The fourth-order valence-corrected chi connectivity index (χ4v) is 3.61. The zero-order valence-corrected chi connectivity index (χ0v) is 12.2. The quantitative estimate of drug-likeness (QED) is 0.793. The smallest absolute Gasteiger partial charge is 0.323 e. The highest BCUT2D eigenvalue weighted by Crippen LogP contribution is 2.45. The summed E-state index contributed by atoms with van der Waals surface area (Å²) in [5.41, 5.74) is 0.519. The second-order valence-corrected chi connectivity index (χ2v) is 7.12. The van der Waals surface area contributed by atoms with Crippen molar-refractivity contribution >= 4 is 5.97 Å². The van der Waals surface area contributed by atoms with E-state index in [0.717, 1.165) is 12.8 Å². The van der Waals surface area contributed by atoms with E-state index in [2.05, 4.69) is 33.0 Å². The number of methoxy groups -OCH3 is 1. The molecule has 0 heterocycles. The van der Waals surface area contributed by atoms with Crippen molar-refractivity contribution in [3.63, 3.8) is 0 Å². The van der Waals surface area contributed by atoms with Crippen LogP contribution in [0.15, 0.2) is 0 Å². The molecule has 0 aromatic heterocycles. The molecule has 0 radical (unpaired) electrons. The first-order chi connectivity index (χ1) is 8.15. The number of carboxylic acid groups (broad SMARTS) is 1. The molecule has 0 bridgehead atoms. The Bertz CT molecular complexity index is 283. The van der Waals surface area contributed by atoms with Gasteiger partial charge in [0.2, 0.25) is 0 Å². The number of carboxylic acids is 1. The van der Waals surface area contributed by atoms with Crippen molar-refractivity contribution in [3.05, 3.63) is 0 Å². The second-order valence-electron chi connectivity index (χ2n) is 7.12. The van der Waals surface area contributed by atoms with Crippen molar-refractivity contribution in [1.29, 1.82) is 0 Å². The summed E-state index contributed by atoms with van der Waals surface area (Å²) in [5, 5.41) is 12.4. The van der Waals surface area contributed by atoms with Crippen LogP contribution in [0.2, 0.25) is 0 Å². The Hall–Kier alpha value is -0.610. The van der Waals surface area contributed by atoms with Gasteiger partial charge in [0.15, 0.2) is 0 Å². The first kappa shape index (κ1) is 15.4. The van der Waals surface area contributed by atoms with Crippen LogP contribution in [0.4, 0.5) is 0 Å². The summed E-state index contributed by atoms with van der Waals surface area (Å²) in [5.74, 6) is -0.835. The standard InChI is InChI=1S/C14H27NO3/c1-13(2)6-10(7-14(3,4)9-13)15-11(8-18-5)12(16)17/h10-11,15H,6-9H2,1-5H3,(H,16,17). The molecule has 1 saturated carbocycles. The largest absolute Gasteiger partial charge is 0.480 e. The van der Waals surface area contributed by atoms with Crippen LogP contribution in [0.1, 0.15) is 47.0 Å². The molecule has 1 rings (SSSR count). The van der Waals surface area contributed by atoms with Gasteiger partial charge in [-0.05, 0) is 30.1 Å². The maximum atomic E-state index is 11.1. The Morgan fingerprint density at radius 3 is 2.22 bits per heavy atom. The molecular formula is C14H27NO3. The van der Waals surface area contributed by atoms with Crippen LogP contribution < -0.4 is 5.32 Å². The number of carbonyl (C=O) groups is 1. The average Bonchev–Trinajstić information content (AvgIpc) is 2.11. The first-order valence-corrected chi connectivity index (χ1v) is 6.63. The molecule has 0 spiro atoms. The summed E-state index contributed by atoms with van der Waals surface area (Å²) in [4.78, 5) is 11.1. The van der Waals surface area contributed by atoms with Crippen LogP contribution in [-0.4, -0.2) is 36.9 Å². The van der Waals surface area contributed by atoms with Gasteiger partial charge in [-0.3, -0.25) is 10.1 Å². The Balaban J connectivity index is 2.67. The summed E-state index contributed by atoms with van der Waals surface area (Å²) in [6.45, 7) is 9.25. The van der Waals surface area contributed by atoms with Crippen LogP contribution >= 0.6 is 0 Å². The topological polar surface area (TPSA) is 58.6 Å². The summed E-state index contributed by atoms with van der Waals surface area (Å²) in [6.07, 6.45) is 3.22. The molecule has 0 aliphatic heterocycles. The predicted molar refractivity (Wildman–Crippen MR) is 71.6 cm³/mol. The van der Waals surface area contributed by atoms with E-state index < -0.39 is 12.0 Å². The van der Waals surface area contributed by atoms with Crippen LogP contribution in [-0.2, 0) is 9.53 Å². The number of hydrogen-bond donors (Lipinski definition) is 2. The van der Waals surface area contributed by atoms with Gasteiger partial charge >= 0.3 is 5.97 Å². The molecule has 0 aromatic rings. The number of rotatable bonds is 5. The fourth-order valence-electron chi connectivity index (χ4n) is 3.61. The highest BCUT2D eigenvalue weighted by molar-refractivity contribution is 5.73. The van der Waals surface area contributed by atoms with Gasteiger partial charge in [0, 0.05) is 13.2 Å². The minimum absolute atomic E-state index is 0.215. The molecular weight excluding hydrogens is 230 g/mol. The van der Waals surface area contributed by atoms with Crippen LogP contribution in [0, 0.1) is 10.8 Å². The number of hydrogen-bond acceptors (Lipinski definition) is 3. The van der Waals surface area contributed by atoms with Gasteiger partial charge in [-0.1, -0.05) is 27.7 Å². The predicted octanol–water partition coefficient (Wildman–Crippen LogP) is 2.28. The van der Waals surface area contributed by atoms with Crippen molar-refractivity contribution in [2.75, 3.05) is 13.7 Å². The van der Waals surface area contributed by atoms with Gasteiger partial charge in [-0.15, -0.1) is 0 Å². The van der Waals surface area contributed by atoms with Gasteiger partial charge in [-0.25, -0.2) is 0 Å². The van der Waals surface area contributed by atoms with Crippen molar-refractivity contribution in [2.24, 2.45) is 10.8 Å². The van der Waals surface area contributed by atoms with E-state index >= 15 is 0 Å². The van der Waals surface area contributed by atoms with E-state index in [1.807, 2.05) is 0 Å². The Morgan fingerprint density at radius 1 is 1.33 bits per heavy atom. The molecule has 18 heavy (non-hydrogen) atoms. The molecule has 1 unspecified atom stereocenters. The molecule has 106 valence electrons. The van der Waals surface area contributed by atoms with E-state index in [-0.39, 0.29) is 23.5 Å². The monoisotopic (exact) mass is 257 g/mol. The summed E-state index contributed by atoms with van der Waals surface area (Å²) in [7, 11) is 1.53. The van der Waals surface area contributed by atoms with Gasteiger partial charge in [0.05, 0.1) is 6.61 Å². The zero-order valence-electron chi connectivity index (χ0n) is 12.2. The molecule has 4 heteroatoms. The number of aliphatic carboxylic acids is 1. The minimum atomic E-state index is -0.835. The van der Waals surface area contributed by atoms with E-state index in [1.165, 1.54) is 13.5 Å². The zero-order chi connectivity index (χ0) is 14.0. The SMILES string of the molecule is COCC(NC1CC(C)(C)CC(C)(C)C1)C(=O)O. The second kappa shape index (κ2) is 5.57. The molecule has 0 aromatic carbocycles. The van der Waals surface area contributed by atoms with E-state index in [4.69, 9.17) is 9.84 Å². The maximum Gasteiger partial charge on any atom is 0.323 e. The average molecular weight is 257 g/mol. The van der Waals surface area contributed by atoms with Crippen LogP contribution in [0.3, 0.4) is 0 Å². The van der Waals surface area contributed by atoms with Crippen molar-refractivity contribution < 1.29 is 14.6 Å². The summed E-state index contributed by atoms with van der Waals surface area (Å²) < 4.78 is 4.97. The molecule has 2 N–H and O–H groups in total. The van der Waals surface area contributed by atoms with Crippen molar-refractivity contribution in [1.82, 2.24) is 5.32 Å². The minimum Gasteiger partial charge on any atom is -0.480 e. The highest BCUT2D eigenvalue weighted by Gasteiger charge is 2.39. The lowest BCUT2D eigenvalue weighted by atomic mass is 9.63. The van der Waals surface area contributed by atoms with E-state index in [0.29, 0.717) is 0 Å². The lowest BCUT2D eigenvalue weighted by Gasteiger charge is -2.45. The molecule has 1 fully saturated rings. The first-order valence-electron chi connectivity index (χ1n) is 6.63. The lowest BCUT2D eigenvalue weighted by Crippen LogP contribution is -2.51. The maximum absolute atomic E-state index is 11.1. The van der Waals surface area contributed by atoms with Crippen LogP contribution in [0.25, 0.3) is 0 Å². The highest BCUT2D eigenvalue weighted by atomic mass is 16.5. The molecule has 1 aliphatic rings. The Kier molecular flexibility index (Phi) is 4.78. The lowest BCUT2D eigenvalue weighted by molar-refractivity contribution is -0.141. The van der Waals surface area contributed by atoms with E-state index in [9.17, 15) is 4.79 Å². The third kappa shape index (κ3) is 4.58. The van der Waals surface area contributed by atoms with Crippen molar-refractivity contribution in [3.8, 4) is 0 Å². The van der Waals surface area contributed by atoms with Crippen molar-refractivity contribution in [2.45, 2.75) is 59.0 Å². The number of nitrogens with one attached hydrogen (secondary N) is 1. The van der Waals surface area contributed by atoms with Crippen LogP contribution in [0.5, 0.6) is 0 Å². The summed E-state index contributed by atoms with van der Waals surface area (Å²) in [6, 6.07) is -0.357. The third-order valence-electron chi connectivity index (χ3n) is 3.62. The number of ether oxygens (including phenoxy) is 1. The molecule has 0 amide bonds. The molecule has 4 nitrogen and oxygen atoms in total. The van der Waals surface area contributed by atoms with Gasteiger partial charge in [0.1, 0.15) is 6.04 Å². The molecule has 0 saturated heterocycles. The van der Waals surface area contributed by atoms with Gasteiger partial charge < -0.3 is 9.84 Å². The van der Waals surface area contributed by atoms with Gasteiger partial charge in [0.25, 0.3) is 0 Å².